The van der Waals surface area contributed by atoms with Gasteiger partial charge in [0.05, 0.1) is 11.5 Å². The van der Waals surface area contributed by atoms with Gasteiger partial charge < -0.3 is 10.6 Å². The second-order valence-corrected chi connectivity index (χ2v) is 6.58. The van der Waals surface area contributed by atoms with Crippen LogP contribution in [-0.4, -0.2) is 77.3 Å². The number of benzene rings is 1. The van der Waals surface area contributed by atoms with Crippen LogP contribution in [0.25, 0.3) is 0 Å². The smallest absolute Gasteiger partial charge is 0.274 e. The molecule has 1 aromatic rings. The largest absolute Gasteiger partial charge is 0.366 e. The van der Waals surface area contributed by atoms with Crippen LogP contribution in [0.4, 0.5) is 5.69 Å². The fourth-order valence-corrected chi connectivity index (χ4v) is 3.23. The molecule has 2 N–H and O–H groups in total. The van der Waals surface area contributed by atoms with Crippen LogP contribution in [0.5, 0.6) is 0 Å². The van der Waals surface area contributed by atoms with Crippen LogP contribution < -0.4 is 5.73 Å². The molecule has 1 heterocycles. The van der Waals surface area contributed by atoms with Gasteiger partial charge in [0.1, 0.15) is 0 Å². The molecule has 0 spiro atoms. The van der Waals surface area contributed by atoms with Crippen LogP contribution in [0.2, 0.25) is 0 Å². The molecule has 0 aliphatic carbocycles. The molecule has 0 radical (unpaired) electrons. The summed E-state index contributed by atoms with van der Waals surface area (Å²) in [5.74, 6) is -0.553. The van der Waals surface area contributed by atoms with Gasteiger partial charge in [-0.1, -0.05) is 6.07 Å². The zero-order valence-corrected chi connectivity index (χ0v) is 15.9. The molecule has 27 heavy (non-hydrogen) atoms. The van der Waals surface area contributed by atoms with Crippen molar-refractivity contribution in [3.8, 4) is 0 Å². The molecule has 0 atom stereocenters. The molecule has 9 nitrogen and oxygen atoms in total. The number of nitrogens with two attached hydrogens (primary N) is 1. The predicted molar refractivity (Wildman–Crippen MR) is 101 cm³/mol. The lowest BCUT2D eigenvalue weighted by molar-refractivity contribution is -0.385. The molecule has 2 rings (SSSR count). The fourth-order valence-electron chi connectivity index (χ4n) is 3.23. The molecule has 2 amide bonds. The number of nitro groups is 1. The van der Waals surface area contributed by atoms with Gasteiger partial charge in [-0.05, 0) is 19.9 Å². The Kier molecular flexibility index (Phi) is 7.26. The summed E-state index contributed by atoms with van der Waals surface area (Å²) >= 11 is 0. The van der Waals surface area contributed by atoms with Gasteiger partial charge >= 0.3 is 0 Å². The summed E-state index contributed by atoms with van der Waals surface area (Å²) in [5.41, 5.74) is 5.80. The maximum Gasteiger partial charge on any atom is 0.274 e. The number of hydrogen-bond acceptors (Lipinski definition) is 6. The molecule has 1 fully saturated rings. The number of nitro benzene ring substituents is 1. The summed E-state index contributed by atoms with van der Waals surface area (Å²) < 4.78 is 0. The Morgan fingerprint density at radius 2 is 1.74 bits per heavy atom. The lowest BCUT2D eigenvalue weighted by atomic mass is 10.1. The van der Waals surface area contributed by atoms with Crippen LogP contribution in [-0.2, 0) is 11.3 Å². The third-order valence-electron chi connectivity index (χ3n) is 4.90. The minimum absolute atomic E-state index is 0.0922. The number of hydrogen-bond donors (Lipinski definition) is 1. The number of nitrogens with zero attached hydrogens (tertiary/aromatic N) is 4. The van der Waals surface area contributed by atoms with E-state index in [0.29, 0.717) is 31.7 Å². The summed E-state index contributed by atoms with van der Waals surface area (Å²) in [7, 11) is 0. The summed E-state index contributed by atoms with van der Waals surface area (Å²) in [6.45, 7) is 9.10. The average molecular weight is 377 g/mol. The van der Waals surface area contributed by atoms with E-state index >= 15 is 0 Å². The van der Waals surface area contributed by atoms with Crippen molar-refractivity contribution in [1.29, 1.82) is 0 Å². The average Bonchev–Trinajstić information content (AvgIpc) is 2.64. The second-order valence-electron chi connectivity index (χ2n) is 6.58. The van der Waals surface area contributed by atoms with E-state index in [1.807, 2.05) is 18.7 Å². The van der Waals surface area contributed by atoms with E-state index in [9.17, 15) is 19.7 Å². The predicted octanol–water partition coefficient (Wildman–Crippen LogP) is 0.680. The summed E-state index contributed by atoms with van der Waals surface area (Å²) in [6.07, 6.45) is 0. The monoisotopic (exact) mass is 377 g/mol. The van der Waals surface area contributed by atoms with E-state index < -0.39 is 10.8 Å². The Labute approximate surface area is 158 Å². The quantitative estimate of drug-likeness (QED) is 0.526. The van der Waals surface area contributed by atoms with Crippen LogP contribution in [0.3, 0.4) is 0 Å². The first-order chi connectivity index (χ1) is 12.8. The lowest BCUT2D eigenvalue weighted by Crippen LogP contribution is -2.49. The van der Waals surface area contributed by atoms with Crippen molar-refractivity contribution in [3.05, 3.63) is 39.4 Å². The van der Waals surface area contributed by atoms with Gasteiger partial charge in [-0.15, -0.1) is 0 Å². The number of rotatable bonds is 8. The van der Waals surface area contributed by atoms with Crippen molar-refractivity contribution >= 4 is 17.5 Å². The highest BCUT2D eigenvalue weighted by Gasteiger charge is 2.23. The normalized spacial score (nSPS) is 15.5. The van der Waals surface area contributed by atoms with Gasteiger partial charge in [-0.25, -0.2) is 0 Å². The van der Waals surface area contributed by atoms with Gasteiger partial charge in [0.2, 0.25) is 11.8 Å². The van der Waals surface area contributed by atoms with Crippen LogP contribution in [0, 0.1) is 10.1 Å². The first-order valence-electron chi connectivity index (χ1n) is 9.15. The summed E-state index contributed by atoms with van der Waals surface area (Å²) in [5, 5.41) is 11.3. The molecule has 1 aliphatic heterocycles. The molecular weight excluding hydrogens is 350 g/mol. The Morgan fingerprint density at radius 3 is 2.26 bits per heavy atom. The van der Waals surface area contributed by atoms with Crippen molar-refractivity contribution in [2.24, 2.45) is 5.73 Å². The maximum absolute atomic E-state index is 12.2. The molecule has 1 aliphatic rings. The zero-order valence-electron chi connectivity index (χ0n) is 15.9. The zero-order chi connectivity index (χ0) is 20.0. The third kappa shape index (κ3) is 5.48. The summed E-state index contributed by atoms with van der Waals surface area (Å²) in [6, 6.07) is 4.34. The van der Waals surface area contributed by atoms with Gasteiger partial charge in [0.25, 0.3) is 5.69 Å². The van der Waals surface area contributed by atoms with Crippen molar-refractivity contribution in [3.63, 3.8) is 0 Å². The number of piperazine rings is 1. The van der Waals surface area contributed by atoms with Crippen molar-refractivity contribution in [2.45, 2.75) is 20.4 Å². The minimum atomic E-state index is -0.684. The maximum atomic E-state index is 12.2. The Balaban J connectivity index is 1.95. The lowest BCUT2D eigenvalue weighted by Gasteiger charge is -2.35. The minimum Gasteiger partial charge on any atom is -0.366 e. The Bertz CT molecular complexity index is 697. The van der Waals surface area contributed by atoms with Crippen LogP contribution in [0.1, 0.15) is 29.8 Å². The Hall–Kier alpha value is -2.52. The molecule has 1 aromatic carbocycles. The highest BCUT2D eigenvalue weighted by Crippen LogP contribution is 2.22. The van der Waals surface area contributed by atoms with E-state index in [1.54, 1.807) is 6.07 Å². The van der Waals surface area contributed by atoms with E-state index in [-0.39, 0.29) is 17.2 Å². The molecule has 1 saturated heterocycles. The number of carbonyl (C=O) groups is 2. The number of amides is 2. The molecule has 9 heteroatoms. The Morgan fingerprint density at radius 1 is 1.15 bits per heavy atom. The molecule has 0 aromatic heterocycles. The van der Waals surface area contributed by atoms with Gasteiger partial charge in [-0.3, -0.25) is 29.5 Å². The van der Waals surface area contributed by atoms with Crippen LogP contribution in [0.15, 0.2) is 18.2 Å². The topological polar surface area (TPSA) is 113 Å². The van der Waals surface area contributed by atoms with Crippen molar-refractivity contribution in [1.82, 2.24) is 14.7 Å². The molecule has 0 saturated carbocycles. The van der Waals surface area contributed by atoms with Gasteiger partial charge in [0, 0.05) is 63.0 Å². The van der Waals surface area contributed by atoms with E-state index in [2.05, 4.69) is 9.80 Å². The number of primary amides is 1. The third-order valence-corrected chi connectivity index (χ3v) is 4.90. The standard InChI is InChI=1S/C18H27N5O4/c1-3-22(4-2)17(24)13-21-9-7-20(8-10-21)12-15-6-5-14(18(19)25)11-16(15)23(26)27/h5-6,11H,3-4,7-10,12-13H2,1-2H3,(H2,19,25). The highest BCUT2D eigenvalue weighted by atomic mass is 16.6. The highest BCUT2D eigenvalue weighted by molar-refractivity contribution is 5.93. The number of likely N-dealkylation sites (N-methyl/N-ethyl adjacent to an activating group) is 1. The fraction of sp³-hybridized carbons (Fsp3) is 0.556. The van der Waals surface area contributed by atoms with Gasteiger partial charge in [-0.2, -0.15) is 0 Å². The van der Waals surface area contributed by atoms with E-state index in [0.717, 1.165) is 26.2 Å². The molecule has 148 valence electrons. The van der Waals surface area contributed by atoms with Crippen molar-refractivity contribution < 1.29 is 14.5 Å². The van der Waals surface area contributed by atoms with Gasteiger partial charge in [0.15, 0.2) is 0 Å². The van der Waals surface area contributed by atoms with Crippen LogP contribution >= 0.6 is 0 Å². The van der Waals surface area contributed by atoms with E-state index in [1.165, 1.54) is 12.1 Å². The van der Waals surface area contributed by atoms with Crippen molar-refractivity contribution in [2.75, 3.05) is 45.8 Å². The second kappa shape index (κ2) is 9.43. The SMILES string of the molecule is CCN(CC)C(=O)CN1CCN(Cc2ccc(C(N)=O)cc2[N+](=O)[O-])CC1. The summed E-state index contributed by atoms with van der Waals surface area (Å²) in [4.78, 5) is 40.3. The first kappa shape index (κ1) is 20.8. The number of carbonyl (C=O) groups excluding carboxylic acids is 2. The first-order valence-corrected chi connectivity index (χ1v) is 9.15. The molecule has 0 bridgehead atoms. The molecule has 0 unspecified atom stereocenters. The van der Waals surface area contributed by atoms with E-state index in [4.69, 9.17) is 5.73 Å². The molecular formula is C18H27N5O4.